The lowest BCUT2D eigenvalue weighted by Crippen LogP contribution is -2.45. The number of hydrogen-bond acceptors (Lipinski definition) is 3. The van der Waals surface area contributed by atoms with Crippen LogP contribution in [0.5, 0.6) is 0 Å². The van der Waals surface area contributed by atoms with Gasteiger partial charge in [0.15, 0.2) is 0 Å². The Morgan fingerprint density at radius 1 is 1.40 bits per heavy atom. The molecule has 5 heteroatoms. The molecule has 1 aliphatic heterocycles. The van der Waals surface area contributed by atoms with Crippen LogP contribution in [0.25, 0.3) is 0 Å². The van der Waals surface area contributed by atoms with E-state index >= 15 is 0 Å². The lowest BCUT2D eigenvalue weighted by atomic mass is 9.90. The largest absolute Gasteiger partial charge is 0.354 e. The first-order chi connectivity index (χ1) is 9.40. The summed E-state index contributed by atoms with van der Waals surface area (Å²) >= 11 is 0. The molecule has 0 aromatic rings. The number of nitrogens with one attached hydrogen (secondary N) is 2. The van der Waals surface area contributed by atoms with Crippen LogP contribution < -0.4 is 10.6 Å². The summed E-state index contributed by atoms with van der Waals surface area (Å²) in [5, 5.41) is 6.23. The molecule has 1 fully saturated rings. The van der Waals surface area contributed by atoms with Crippen molar-refractivity contribution in [2.75, 3.05) is 26.7 Å². The highest BCUT2D eigenvalue weighted by molar-refractivity contribution is 5.84. The van der Waals surface area contributed by atoms with Crippen LogP contribution in [0.4, 0.5) is 0 Å². The molecule has 0 aliphatic carbocycles. The van der Waals surface area contributed by atoms with Crippen molar-refractivity contribution >= 4 is 11.8 Å². The summed E-state index contributed by atoms with van der Waals surface area (Å²) in [6, 6.07) is 0.248. The van der Waals surface area contributed by atoms with Crippen molar-refractivity contribution < 1.29 is 9.59 Å². The van der Waals surface area contributed by atoms with Crippen molar-refractivity contribution in [3.8, 4) is 0 Å². The third-order valence-electron chi connectivity index (χ3n) is 3.84. The Bertz CT molecular complexity index is 331. The van der Waals surface area contributed by atoms with Crippen molar-refractivity contribution in [2.24, 2.45) is 11.8 Å². The minimum absolute atomic E-state index is 0.0379. The van der Waals surface area contributed by atoms with Gasteiger partial charge < -0.3 is 15.5 Å². The Hall–Kier alpha value is -1.10. The van der Waals surface area contributed by atoms with E-state index in [1.54, 1.807) is 7.05 Å². The van der Waals surface area contributed by atoms with Gasteiger partial charge in [0.25, 0.3) is 0 Å². The monoisotopic (exact) mass is 283 g/mol. The van der Waals surface area contributed by atoms with Gasteiger partial charge in [0.2, 0.25) is 11.8 Å². The Balaban J connectivity index is 2.32. The van der Waals surface area contributed by atoms with Gasteiger partial charge in [0, 0.05) is 26.1 Å². The zero-order valence-corrected chi connectivity index (χ0v) is 13.2. The van der Waals surface area contributed by atoms with Gasteiger partial charge in [-0.2, -0.15) is 0 Å². The van der Waals surface area contributed by atoms with Gasteiger partial charge in [-0.3, -0.25) is 9.59 Å². The molecule has 1 aliphatic rings. The summed E-state index contributed by atoms with van der Waals surface area (Å²) < 4.78 is 0. The highest BCUT2D eigenvalue weighted by atomic mass is 16.2. The summed E-state index contributed by atoms with van der Waals surface area (Å²) in [4.78, 5) is 25.4. The van der Waals surface area contributed by atoms with Gasteiger partial charge in [0.1, 0.15) is 0 Å². The normalized spacial score (nSPS) is 22.6. The van der Waals surface area contributed by atoms with Crippen LogP contribution >= 0.6 is 0 Å². The number of carbonyl (C=O) groups excluding carboxylic acids is 2. The average molecular weight is 283 g/mol. The first kappa shape index (κ1) is 17.0. The molecule has 5 nitrogen and oxygen atoms in total. The number of rotatable bonds is 6. The SMILES string of the molecule is CC(C)CNC(=O)CN(C)C(=O)CC1NCCCC1C. The molecule has 2 amide bonds. The van der Waals surface area contributed by atoms with E-state index in [9.17, 15) is 9.59 Å². The number of nitrogens with zero attached hydrogens (tertiary/aromatic N) is 1. The first-order valence-corrected chi connectivity index (χ1v) is 7.64. The van der Waals surface area contributed by atoms with Crippen LogP contribution in [0.15, 0.2) is 0 Å². The van der Waals surface area contributed by atoms with Crippen LogP contribution in [0, 0.1) is 11.8 Å². The van der Waals surface area contributed by atoms with Crippen molar-refractivity contribution in [3.63, 3.8) is 0 Å². The summed E-state index contributed by atoms with van der Waals surface area (Å²) in [5.74, 6) is 0.901. The fourth-order valence-electron chi connectivity index (χ4n) is 2.41. The fraction of sp³-hybridized carbons (Fsp3) is 0.867. The average Bonchev–Trinajstić information content (AvgIpc) is 2.39. The second-order valence-electron chi connectivity index (χ2n) is 6.33. The number of carbonyl (C=O) groups is 2. The Morgan fingerprint density at radius 3 is 2.70 bits per heavy atom. The quantitative estimate of drug-likeness (QED) is 0.764. The number of piperidine rings is 1. The minimum Gasteiger partial charge on any atom is -0.354 e. The second kappa shape index (κ2) is 8.25. The van der Waals surface area contributed by atoms with Crippen molar-refractivity contribution in [2.45, 2.75) is 46.1 Å². The first-order valence-electron chi connectivity index (χ1n) is 7.64. The molecule has 0 bridgehead atoms. The second-order valence-corrected chi connectivity index (χ2v) is 6.33. The van der Waals surface area contributed by atoms with Gasteiger partial charge in [-0.25, -0.2) is 0 Å². The van der Waals surface area contributed by atoms with Gasteiger partial charge >= 0.3 is 0 Å². The van der Waals surface area contributed by atoms with E-state index in [4.69, 9.17) is 0 Å². The molecule has 2 unspecified atom stereocenters. The molecule has 0 radical (unpaired) electrons. The molecule has 20 heavy (non-hydrogen) atoms. The van der Waals surface area contributed by atoms with Gasteiger partial charge in [-0.15, -0.1) is 0 Å². The smallest absolute Gasteiger partial charge is 0.239 e. The third kappa shape index (κ3) is 5.90. The molecule has 0 saturated carbocycles. The molecule has 116 valence electrons. The van der Waals surface area contributed by atoms with Crippen molar-refractivity contribution in [3.05, 3.63) is 0 Å². The molecule has 0 aromatic carbocycles. The predicted molar refractivity (Wildman–Crippen MR) is 80.3 cm³/mol. The van der Waals surface area contributed by atoms with E-state index in [-0.39, 0.29) is 24.4 Å². The zero-order valence-electron chi connectivity index (χ0n) is 13.2. The number of hydrogen-bond donors (Lipinski definition) is 2. The van der Waals surface area contributed by atoms with Crippen LogP contribution in [0.3, 0.4) is 0 Å². The Morgan fingerprint density at radius 2 is 2.10 bits per heavy atom. The van der Waals surface area contributed by atoms with E-state index in [1.807, 2.05) is 13.8 Å². The van der Waals surface area contributed by atoms with Crippen LogP contribution in [0.1, 0.15) is 40.0 Å². The summed E-state index contributed by atoms with van der Waals surface area (Å²) in [6.45, 7) is 8.06. The molecular weight excluding hydrogens is 254 g/mol. The van der Waals surface area contributed by atoms with Gasteiger partial charge in [-0.05, 0) is 31.2 Å². The molecule has 2 atom stereocenters. The van der Waals surface area contributed by atoms with Gasteiger partial charge in [0.05, 0.1) is 6.54 Å². The number of amides is 2. The molecule has 2 N–H and O–H groups in total. The standard InChI is InChI=1S/C15H29N3O2/c1-11(2)9-17-14(19)10-18(4)15(20)8-13-12(3)6-5-7-16-13/h11-13,16H,5-10H2,1-4H3,(H,17,19). The highest BCUT2D eigenvalue weighted by Gasteiger charge is 2.25. The summed E-state index contributed by atoms with van der Waals surface area (Å²) in [6.07, 6.45) is 2.83. The molecule has 0 spiro atoms. The maximum absolute atomic E-state index is 12.1. The van der Waals surface area contributed by atoms with E-state index in [2.05, 4.69) is 17.6 Å². The lowest BCUT2D eigenvalue weighted by molar-refractivity contribution is -0.135. The van der Waals surface area contributed by atoms with E-state index in [1.165, 1.54) is 17.7 Å². The van der Waals surface area contributed by atoms with E-state index < -0.39 is 0 Å². The maximum Gasteiger partial charge on any atom is 0.239 e. The molecule has 1 heterocycles. The van der Waals surface area contributed by atoms with Crippen LogP contribution in [0.2, 0.25) is 0 Å². The molecule has 1 rings (SSSR count). The summed E-state index contributed by atoms with van der Waals surface area (Å²) in [5.41, 5.74) is 0. The topological polar surface area (TPSA) is 61.4 Å². The lowest BCUT2D eigenvalue weighted by Gasteiger charge is -2.30. The fourth-order valence-corrected chi connectivity index (χ4v) is 2.41. The minimum atomic E-state index is -0.0841. The maximum atomic E-state index is 12.1. The predicted octanol–water partition coefficient (Wildman–Crippen LogP) is 0.995. The van der Waals surface area contributed by atoms with E-state index in [0.29, 0.717) is 24.8 Å². The molecule has 1 saturated heterocycles. The summed E-state index contributed by atoms with van der Waals surface area (Å²) in [7, 11) is 1.70. The molecular formula is C15H29N3O2. The number of likely N-dealkylation sites (N-methyl/N-ethyl adjacent to an activating group) is 1. The van der Waals surface area contributed by atoms with Crippen molar-refractivity contribution in [1.82, 2.24) is 15.5 Å². The van der Waals surface area contributed by atoms with E-state index in [0.717, 1.165) is 6.54 Å². The van der Waals surface area contributed by atoms with Crippen LogP contribution in [-0.2, 0) is 9.59 Å². The van der Waals surface area contributed by atoms with Crippen molar-refractivity contribution in [1.29, 1.82) is 0 Å². The third-order valence-corrected chi connectivity index (χ3v) is 3.84. The Kier molecular flexibility index (Phi) is 6.99. The Labute approximate surface area is 122 Å². The van der Waals surface area contributed by atoms with Crippen LogP contribution in [-0.4, -0.2) is 49.4 Å². The highest BCUT2D eigenvalue weighted by Crippen LogP contribution is 2.18. The zero-order chi connectivity index (χ0) is 15.1. The van der Waals surface area contributed by atoms with Gasteiger partial charge in [-0.1, -0.05) is 20.8 Å². The molecule has 0 aromatic heterocycles.